The van der Waals surface area contributed by atoms with E-state index in [0.717, 1.165) is 30.9 Å². The molecule has 1 amide bonds. The number of carbonyl (C=O) groups excluding carboxylic acids is 1. The van der Waals surface area contributed by atoms with Gasteiger partial charge in [0.05, 0.1) is 18.1 Å². The van der Waals surface area contributed by atoms with Gasteiger partial charge in [0.2, 0.25) is 5.91 Å². The maximum absolute atomic E-state index is 13.6. The first-order valence-electron chi connectivity index (χ1n) is 9.62. The zero-order valence-corrected chi connectivity index (χ0v) is 15.9. The third-order valence-electron chi connectivity index (χ3n) is 6.17. The standard InChI is InChI=1S/C21H20F2N4O2/c1-13-7-24-19(25-8-13)29-12-20-9-21(10-20,11-20)18(28)27-17(2-3-26-27)14-4-15(22)6-16(23)5-14/h3-8,17H,2,9-12H2,1H3. The number of amides is 1. The maximum atomic E-state index is 13.6. The number of nitrogens with zero attached hydrogens (tertiary/aromatic N) is 4. The number of halogens is 2. The van der Waals surface area contributed by atoms with E-state index < -0.39 is 23.1 Å². The molecule has 2 bridgehead atoms. The van der Waals surface area contributed by atoms with Crippen molar-refractivity contribution in [3.05, 3.63) is 53.4 Å². The van der Waals surface area contributed by atoms with E-state index in [0.29, 0.717) is 24.6 Å². The molecule has 0 radical (unpaired) electrons. The van der Waals surface area contributed by atoms with Crippen molar-refractivity contribution >= 4 is 12.1 Å². The van der Waals surface area contributed by atoms with Crippen molar-refractivity contribution in [2.45, 2.75) is 38.6 Å². The molecule has 2 aromatic rings. The molecule has 3 aliphatic carbocycles. The SMILES string of the molecule is Cc1cnc(OCC23CC(C(=O)N4N=CCC4c4cc(F)cc(F)c4)(C2)C3)nc1. The van der Waals surface area contributed by atoms with Crippen LogP contribution >= 0.6 is 0 Å². The molecular formula is C21H20F2N4O2. The van der Waals surface area contributed by atoms with Crippen molar-refractivity contribution in [2.75, 3.05) is 6.61 Å². The number of rotatable bonds is 5. The third kappa shape index (κ3) is 2.97. The minimum absolute atomic E-state index is 0.0200. The van der Waals surface area contributed by atoms with Crippen molar-refractivity contribution < 1.29 is 18.3 Å². The van der Waals surface area contributed by atoms with Gasteiger partial charge in [-0.1, -0.05) is 0 Å². The van der Waals surface area contributed by atoms with Gasteiger partial charge in [-0.3, -0.25) is 4.79 Å². The van der Waals surface area contributed by atoms with Crippen LogP contribution in [0, 0.1) is 29.4 Å². The lowest BCUT2D eigenvalue weighted by atomic mass is 9.35. The number of aryl methyl sites for hydroxylation is 1. The lowest BCUT2D eigenvalue weighted by Crippen LogP contribution is -2.69. The van der Waals surface area contributed by atoms with Crippen LogP contribution in [0.15, 0.2) is 35.7 Å². The summed E-state index contributed by atoms with van der Waals surface area (Å²) in [5.74, 6) is -1.38. The number of hydrogen-bond acceptors (Lipinski definition) is 5. The Kier molecular flexibility index (Phi) is 3.94. The summed E-state index contributed by atoms with van der Waals surface area (Å²) in [5, 5.41) is 5.62. The minimum Gasteiger partial charge on any atom is -0.463 e. The number of aromatic nitrogens is 2. The van der Waals surface area contributed by atoms with Crippen LogP contribution in [-0.4, -0.2) is 33.7 Å². The van der Waals surface area contributed by atoms with Crippen LogP contribution in [0.4, 0.5) is 8.78 Å². The van der Waals surface area contributed by atoms with Gasteiger partial charge in [0.15, 0.2) is 0 Å². The summed E-state index contributed by atoms with van der Waals surface area (Å²) >= 11 is 0. The molecule has 1 aromatic carbocycles. The normalized spacial score (nSPS) is 29.3. The molecule has 1 unspecified atom stereocenters. The Morgan fingerprint density at radius 1 is 1.17 bits per heavy atom. The van der Waals surface area contributed by atoms with E-state index in [4.69, 9.17) is 4.74 Å². The highest BCUT2D eigenvalue weighted by atomic mass is 19.1. The second-order valence-corrected chi connectivity index (χ2v) is 8.54. The zero-order chi connectivity index (χ0) is 20.2. The molecule has 6 rings (SSSR count). The van der Waals surface area contributed by atoms with Crippen LogP contribution in [0.1, 0.15) is 42.9 Å². The van der Waals surface area contributed by atoms with Crippen molar-refractivity contribution in [1.82, 2.24) is 15.0 Å². The predicted octanol–water partition coefficient (Wildman–Crippen LogP) is 3.57. The number of hydrazone groups is 1. The van der Waals surface area contributed by atoms with Gasteiger partial charge in [-0.2, -0.15) is 5.10 Å². The zero-order valence-electron chi connectivity index (χ0n) is 15.9. The van der Waals surface area contributed by atoms with Gasteiger partial charge in [0.1, 0.15) is 11.6 Å². The van der Waals surface area contributed by atoms with E-state index in [1.807, 2.05) is 6.92 Å². The topological polar surface area (TPSA) is 67.7 Å². The molecule has 3 saturated carbocycles. The highest BCUT2D eigenvalue weighted by Crippen LogP contribution is 2.74. The number of ether oxygens (including phenoxy) is 1. The van der Waals surface area contributed by atoms with Gasteiger partial charge in [0.25, 0.3) is 0 Å². The van der Waals surface area contributed by atoms with Gasteiger partial charge < -0.3 is 4.74 Å². The number of benzene rings is 1. The smallest absolute Gasteiger partial charge is 0.316 e. The van der Waals surface area contributed by atoms with Crippen LogP contribution in [0.3, 0.4) is 0 Å². The van der Waals surface area contributed by atoms with E-state index in [1.54, 1.807) is 18.6 Å². The van der Waals surface area contributed by atoms with Crippen molar-refractivity contribution in [3.8, 4) is 6.01 Å². The Labute approximate surface area is 166 Å². The predicted molar refractivity (Wildman–Crippen MR) is 100 cm³/mol. The quantitative estimate of drug-likeness (QED) is 0.772. The molecule has 6 nitrogen and oxygen atoms in total. The van der Waals surface area contributed by atoms with Crippen LogP contribution in [0.5, 0.6) is 6.01 Å². The molecule has 29 heavy (non-hydrogen) atoms. The van der Waals surface area contributed by atoms with Gasteiger partial charge in [0, 0.05) is 36.5 Å². The fourth-order valence-electron chi connectivity index (χ4n) is 4.95. The van der Waals surface area contributed by atoms with Gasteiger partial charge in [-0.25, -0.2) is 23.8 Å². The summed E-state index contributed by atoms with van der Waals surface area (Å²) in [7, 11) is 0. The molecule has 150 valence electrons. The van der Waals surface area contributed by atoms with E-state index >= 15 is 0 Å². The Hall–Kier alpha value is -2.90. The maximum Gasteiger partial charge on any atom is 0.316 e. The lowest BCUT2D eigenvalue weighted by Gasteiger charge is -2.69. The lowest BCUT2D eigenvalue weighted by molar-refractivity contribution is -0.227. The van der Waals surface area contributed by atoms with Crippen molar-refractivity contribution in [3.63, 3.8) is 0 Å². The molecule has 1 atom stereocenters. The summed E-state index contributed by atoms with van der Waals surface area (Å²) in [5.41, 5.74) is 0.928. The Balaban J connectivity index is 1.23. The first-order chi connectivity index (χ1) is 13.9. The Morgan fingerprint density at radius 3 is 2.48 bits per heavy atom. The molecule has 3 fully saturated rings. The molecule has 0 N–H and O–H groups in total. The average molecular weight is 398 g/mol. The largest absolute Gasteiger partial charge is 0.463 e. The molecule has 8 heteroatoms. The molecule has 4 aliphatic rings. The summed E-state index contributed by atoms with van der Waals surface area (Å²) < 4.78 is 32.9. The highest BCUT2D eigenvalue weighted by molar-refractivity contribution is 5.88. The number of hydrogen-bond donors (Lipinski definition) is 0. The van der Waals surface area contributed by atoms with E-state index in [1.165, 1.54) is 17.1 Å². The minimum atomic E-state index is -0.653. The second-order valence-electron chi connectivity index (χ2n) is 8.54. The van der Waals surface area contributed by atoms with Crippen LogP contribution in [0.25, 0.3) is 0 Å². The molecule has 0 saturated heterocycles. The Morgan fingerprint density at radius 2 is 1.83 bits per heavy atom. The third-order valence-corrected chi connectivity index (χ3v) is 6.17. The fraction of sp³-hybridized carbons (Fsp3) is 0.429. The fourth-order valence-corrected chi connectivity index (χ4v) is 4.95. The van der Waals surface area contributed by atoms with Crippen molar-refractivity contribution in [1.29, 1.82) is 0 Å². The van der Waals surface area contributed by atoms with Crippen LogP contribution in [0.2, 0.25) is 0 Å². The Bertz CT molecular complexity index is 968. The monoisotopic (exact) mass is 398 g/mol. The second kappa shape index (κ2) is 6.30. The van der Waals surface area contributed by atoms with E-state index in [-0.39, 0.29) is 11.3 Å². The molecular weight excluding hydrogens is 378 g/mol. The van der Waals surface area contributed by atoms with Gasteiger partial charge in [-0.15, -0.1) is 0 Å². The van der Waals surface area contributed by atoms with Crippen LogP contribution in [-0.2, 0) is 4.79 Å². The van der Waals surface area contributed by atoms with Gasteiger partial charge >= 0.3 is 6.01 Å². The summed E-state index contributed by atoms with van der Waals surface area (Å²) in [6.07, 6.45) is 7.66. The first-order valence-corrected chi connectivity index (χ1v) is 9.62. The van der Waals surface area contributed by atoms with E-state index in [2.05, 4.69) is 15.1 Å². The average Bonchev–Trinajstić information content (AvgIpc) is 3.10. The number of carbonyl (C=O) groups is 1. The summed E-state index contributed by atoms with van der Waals surface area (Å²) in [6, 6.07) is 3.24. The first kappa shape index (κ1) is 18.1. The summed E-state index contributed by atoms with van der Waals surface area (Å²) in [6.45, 7) is 2.39. The summed E-state index contributed by atoms with van der Waals surface area (Å²) in [4.78, 5) is 21.4. The van der Waals surface area contributed by atoms with E-state index in [9.17, 15) is 13.6 Å². The van der Waals surface area contributed by atoms with Gasteiger partial charge in [-0.05, 0) is 49.4 Å². The van der Waals surface area contributed by atoms with Crippen LogP contribution < -0.4 is 4.74 Å². The molecule has 1 aliphatic heterocycles. The molecule has 1 aromatic heterocycles. The molecule has 0 spiro atoms. The van der Waals surface area contributed by atoms with Crippen molar-refractivity contribution in [2.24, 2.45) is 15.9 Å². The highest BCUT2D eigenvalue weighted by Gasteiger charge is 2.73. The molecule has 2 heterocycles.